The molecular weight excluding hydrogens is 192 g/mol. The highest BCUT2D eigenvalue weighted by Crippen LogP contribution is 2.24. The summed E-state index contributed by atoms with van der Waals surface area (Å²) in [6, 6.07) is 5.12. The van der Waals surface area contributed by atoms with E-state index in [9.17, 15) is 10.1 Å². The molecule has 0 aliphatic rings. The van der Waals surface area contributed by atoms with E-state index in [4.69, 9.17) is 5.73 Å². The molecule has 0 aliphatic carbocycles. The van der Waals surface area contributed by atoms with Crippen LogP contribution >= 0.6 is 0 Å². The van der Waals surface area contributed by atoms with Gasteiger partial charge in [-0.25, -0.2) is 0 Å². The van der Waals surface area contributed by atoms with Crippen molar-refractivity contribution in [1.82, 2.24) is 0 Å². The number of nitrogens with two attached hydrogens (primary N) is 1. The average Bonchev–Trinajstić information content (AvgIpc) is 2.13. The SMILES string of the molecule is Cc1cccc(/C=C/C(C)N)c1[N+](=O)[O-]. The van der Waals surface area contributed by atoms with E-state index < -0.39 is 0 Å². The maximum Gasteiger partial charge on any atom is 0.279 e. The minimum Gasteiger partial charge on any atom is -0.325 e. The Bertz CT molecular complexity index is 398. The molecule has 1 unspecified atom stereocenters. The predicted octanol–water partition coefficient (Wildman–Crippen LogP) is 2.26. The van der Waals surface area contributed by atoms with Crippen LogP contribution in [0.5, 0.6) is 0 Å². The first kappa shape index (κ1) is 11.4. The molecule has 0 aromatic heterocycles. The number of nitro benzene ring substituents is 1. The van der Waals surface area contributed by atoms with Gasteiger partial charge in [-0.05, 0) is 19.9 Å². The van der Waals surface area contributed by atoms with Crippen molar-refractivity contribution in [2.75, 3.05) is 0 Å². The van der Waals surface area contributed by atoms with Crippen LogP contribution in [0.25, 0.3) is 6.08 Å². The quantitative estimate of drug-likeness (QED) is 0.609. The molecule has 4 heteroatoms. The molecule has 0 heterocycles. The van der Waals surface area contributed by atoms with Gasteiger partial charge in [-0.1, -0.05) is 24.3 Å². The average molecular weight is 206 g/mol. The van der Waals surface area contributed by atoms with E-state index in [1.807, 2.05) is 6.92 Å². The molecule has 0 bridgehead atoms. The van der Waals surface area contributed by atoms with Crippen LogP contribution in [0.3, 0.4) is 0 Å². The summed E-state index contributed by atoms with van der Waals surface area (Å²) >= 11 is 0. The Kier molecular flexibility index (Phi) is 3.57. The number of nitrogens with zero attached hydrogens (tertiary/aromatic N) is 1. The van der Waals surface area contributed by atoms with Gasteiger partial charge in [0.25, 0.3) is 5.69 Å². The summed E-state index contributed by atoms with van der Waals surface area (Å²) in [6.45, 7) is 3.54. The second-order valence-corrected chi connectivity index (χ2v) is 3.49. The van der Waals surface area contributed by atoms with Gasteiger partial charge in [-0.3, -0.25) is 10.1 Å². The van der Waals surface area contributed by atoms with E-state index in [1.165, 1.54) is 0 Å². The first-order valence-corrected chi connectivity index (χ1v) is 4.70. The van der Waals surface area contributed by atoms with Gasteiger partial charge in [0.1, 0.15) is 0 Å². The number of rotatable bonds is 3. The van der Waals surface area contributed by atoms with E-state index in [0.29, 0.717) is 11.1 Å². The number of benzene rings is 1. The lowest BCUT2D eigenvalue weighted by Crippen LogP contribution is -2.10. The zero-order valence-electron chi connectivity index (χ0n) is 8.81. The summed E-state index contributed by atoms with van der Waals surface area (Å²) in [4.78, 5) is 10.5. The molecule has 0 saturated carbocycles. The molecule has 0 radical (unpaired) electrons. The number of nitro groups is 1. The van der Waals surface area contributed by atoms with Crippen LogP contribution in [0.4, 0.5) is 5.69 Å². The summed E-state index contributed by atoms with van der Waals surface area (Å²) < 4.78 is 0. The molecule has 2 N–H and O–H groups in total. The van der Waals surface area contributed by atoms with Gasteiger partial charge in [0.2, 0.25) is 0 Å². The summed E-state index contributed by atoms with van der Waals surface area (Å²) in [5, 5.41) is 10.8. The summed E-state index contributed by atoms with van der Waals surface area (Å²) in [5.74, 6) is 0. The van der Waals surface area contributed by atoms with Gasteiger partial charge < -0.3 is 5.73 Å². The summed E-state index contributed by atoms with van der Waals surface area (Å²) in [7, 11) is 0. The maximum absolute atomic E-state index is 10.8. The molecule has 1 aromatic carbocycles. The van der Waals surface area contributed by atoms with Crippen molar-refractivity contribution >= 4 is 11.8 Å². The van der Waals surface area contributed by atoms with Crippen molar-refractivity contribution in [3.8, 4) is 0 Å². The molecule has 4 nitrogen and oxygen atoms in total. The molecule has 0 amide bonds. The number of aryl methyl sites for hydroxylation is 1. The minimum atomic E-state index is -0.365. The molecular formula is C11H14N2O2. The smallest absolute Gasteiger partial charge is 0.279 e. The van der Waals surface area contributed by atoms with Gasteiger partial charge in [0.15, 0.2) is 0 Å². The number of hydrogen-bond donors (Lipinski definition) is 1. The molecule has 1 atom stereocenters. The second-order valence-electron chi connectivity index (χ2n) is 3.49. The first-order chi connectivity index (χ1) is 7.02. The third kappa shape index (κ3) is 2.89. The highest BCUT2D eigenvalue weighted by atomic mass is 16.6. The molecule has 15 heavy (non-hydrogen) atoms. The lowest BCUT2D eigenvalue weighted by Gasteiger charge is -2.01. The highest BCUT2D eigenvalue weighted by Gasteiger charge is 2.14. The molecule has 0 spiro atoms. The predicted molar refractivity (Wildman–Crippen MR) is 60.5 cm³/mol. The van der Waals surface area contributed by atoms with Crippen molar-refractivity contribution in [2.24, 2.45) is 5.73 Å². The van der Waals surface area contributed by atoms with E-state index in [1.54, 1.807) is 37.3 Å². The lowest BCUT2D eigenvalue weighted by molar-refractivity contribution is -0.385. The van der Waals surface area contributed by atoms with Crippen molar-refractivity contribution in [2.45, 2.75) is 19.9 Å². The number of para-hydroxylation sites is 1. The summed E-state index contributed by atoms with van der Waals surface area (Å²) in [6.07, 6.45) is 3.43. The largest absolute Gasteiger partial charge is 0.325 e. The Morgan fingerprint density at radius 1 is 1.53 bits per heavy atom. The molecule has 1 aromatic rings. The van der Waals surface area contributed by atoms with Crippen molar-refractivity contribution in [1.29, 1.82) is 0 Å². The normalized spacial score (nSPS) is 13.0. The Morgan fingerprint density at radius 3 is 2.73 bits per heavy atom. The van der Waals surface area contributed by atoms with E-state index >= 15 is 0 Å². The van der Waals surface area contributed by atoms with Crippen molar-refractivity contribution in [3.05, 3.63) is 45.5 Å². The Morgan fingerprint density at radius 2 is 2.20 bits per heavy atom. The van der Waals surface area contributed by atoms with E-state index in [0.717, 1.165) is 0 Å². The highest BCUT2D eigenvalue weighted by molar-refractivity contribution is 5.63. The van der Waals surface area contributed by atoms with Crippen LogP contribution in [0, 0.1) is 17.0 Å². The van der Waals surface area contributed by atoms with Crippen molar-refractivity contribution < 1.29 is 4.92 Å². The fourth-order valence-electron chi connectivity index (χ4n) is 1.32. The van der Waals surface area contributed by atoms with Gasteiger partial charge in [0, 0.05) is 11.6 Å². The van der Waals surface area contributed by atoms with Crippen LogP contribution < -0.4 is 5.73 Å². The van der Waals surface area contributed by atoms with E-state index in [-0.39, 0.29) is 16.7 Å². The molecule has 1 rings (SSSR count). The molecule has 0 saturated heterocycles. The standard InChI is InChI=1S/C11H14N2O2/c1-8-4-3-5-10(7-6-9(2)12)11(8)13(14)15/h3-7,9H,12H2,1-2H3/b7-6+. The maximum atomic E-state index is 10.8. The third-order valence-electron chi connectivity index (χ3n) is 2.03. The lowest BCUT2D eigenvalue weighted by atomic mass is 10.1. The minimum absolute atomic E-state index is 0.106. The first-order valence-electron chi connectivity index (χ1n) is 4.70. The second kappa shape index (κ2) is 4.70. The fraction of sp³-hybridized carbons (Fsp3) is 0.273. The van der Waals surface area contributed by atoms with Crippen LogP contribution in [0.2, 0.25) is 0 Å². The Hall–Kier alpha value is -1.68. The van der Waals surface area contributed by atoms with Crippen LogP contribution in [-0.4, -0.2) is 11.0 Å². The van der Waals surface area contributed by atoms with Gasteiger partial charge in [-0.2, -0.15) is 0 Å². The number of hydrogen-bond acceptors (Lipinski definition) is 3. The molecule has 0 aliphatic heterocycles. The molecule has 80 valence electrons. The van der Waals surface area contributed by atoms with Gasteiger partial charge >= 0.3 is 0 Å². The van der Waals surface area contributed by atoms with Gasteiger partial charge in [-0.15, -0.1) is 0 Å². The fourth-order valence-corrected chi connectivity index (χ4v) is 1.32. The van der Waals surface area contributed by atoms with Crippen LogP contribution in [0.15, 0.2) is 24.3 Å². The zero-order valence-corrected chi connectivity index (χ0v) is 8.81. The van der Waals surface area contributed by atoms with Crippen molar-refractivity contribution in [3.63, 3.8) is 0 Å². The topological polar surface area (TPSA) is 69.2 Å². The van der Waals surface area contributed by atoms with Crippen LogP contribution in [-0.2, 0) is 0 Å². The van der Waals surface area contributed by atoms with Crippen LogP contribution in [0.1, 0.15) is 18.1 Å². The Labute approximate surface area is 88.6 Å². The third-order valence-corrected chi connectivity index (χ3v) is 2.03. The Balaban J connectivity index is 3.17. The molecule has 0 fully saturated rings. The monoisotopic (exact) mass is 206 g/mol. The van der Waals surface area contributed by atoms with E-state index in [2.05, 4.69) is 0 Å². The zero-order chi connectivity index (χ0) is 11.4. The van der Waals surface area contributed by atoms with Gasteiger partial charge in [0.05, 0.1) is 10.5 Å². The summed E-state index contributed by atoms with van der Waals surface area (Å²) in [5.41, 5.74) is 6.95.